The van der Waals surface area contributed by atoms with E-state index < -0.39 is 6.10 Å². The van der Waals surface area contributed by atoms with Crippen molar-refractivity contribution in [1.82, 2.24) is 5.32 Å². The van der Waals surface area contributed by atoms with Gasteiger partial charge in [0.15, 0.2) is 0 Å². The van der Waals surface area contributed by atoms with E-state index in [9.17, 15) is 5.11 Å². The first-order valence-electron chi connectivity index (χ1n) is 7.22. The molecule has 0 aromatic heterocycles. The maximum atomic E-state index is 10.3. The first-order chi connectivity index (χ1) is 9.04. The maximum Gasteiger partial charge on any atom is 0.0940 e. The van der Waals surface area contributed by atoms with Crippen LogP contribution >= 0.6 is 11.8 Å². The predicted molar refractivity (Wildman–Crippen MR) is 84.8 cm³/mol. The Labute approximate surface area is 122 Å². The zero-order valence-corrected chi connectivity index (χ0v) is 13.3. The van der Waals surface area contributed by atoms with Crippen LogP contribution in [-0.2, 0) is 0 Å². The predicted octanol–water partition coefficient (Wildman–Crippen LogP) is 4.00. The Hall–Kier alpha value is -0.510. The van der Waals surface area contributed by atoms with Crippen molar-refractivity contribution in [2.45, 2.75) is 62.8 Å². The van der Waals surface area contributed by atoms with Gasteiger partial charge in [-0.25, -0.2) is 0 Å². The lowest BCUT2D eigenvalue weighted by molar-refractivity contribution is 0.136. The molecule has 0 aliphatic rings. The Bertz CT molecular complexity index is 350. The fourth-order valence-electron chi connectivity index (χ4n) is 1.92. The second kappa shape index (κ2) is 8.62. The molecule has 0 bridgehead atoms. The summed E-state index contributed by atoms with van der Waals surface area (Å²) < 4.78 is 0. The lowest BCUT2D eigenvalue weighted by atomic mass is 10.0. The molecular weight excluding hydrogens is 254 g/mol. The Balaban J connectivity index is 2.54. The molecule has 0 heterocycles. The highest BCUT2D eigenvalue weighted by Gasteiger charge is 2.15. The van der Waals surface area contributed by atoms with Crippen molar-refractivity contribution in [2.24, 2.45) is 0 Å². The number of thioether (sulfide) groups is 1. The molecule has 108 valence electrons. The van der Waals surface area contributed by atoms with E-state index in [1.165, 1.54) is 11.3 Å². The van der Waals surface area contributed by atoms with Gasteiger partial charge < -0.3 is 10.4 Å². The molecule has 2 N–H and O–H groups in total. The standard InChI is InChI=1S/C16H27NOS/c1-5-6-11-17-13(4)16(18)14-7-9-15(10-8-14)19-12(2)3/h7-10,12-13,16-18H,5-6,11H2,1-4H3. The fraction of sp³-hybridized carbons (Fsp3) is 0.625. The molecule has 0 aliphatic carbocycles. The van der Waals surface area contributed by atoms with Crippen LogP contribution in [0.5, 0.6) is 0 Å². The van der Waals surface area contributed by atoms with Crippen molar-refractivity contribution in [3.63, 3.8) is 0 Å². The molecule has 1 rings (SSSR count). The highest BCUT2D eigenvalue weighted by molar-refractivity contribution is 7.99. The molecule has 0 saturated carbocycles. The summed E-state index contributed by atoms with van der Waals surface area (Å²) in [7, 11) is 0. The molecule has 2 unspecified atom stereocenters. The quantitative estimate of drug-likeness (QED) is 0.558. The molecule has 0 amide bonds. The van der Waals surface area contributed by atoms with E-state index in [0.29, 0.717) is 5.25 Å². The summed E-state index contributed by atoms with van der Waals surface area (Å²) in [6.45, 7) is 9.56. The number of hydrogen-bond donors (Lipinski definition) is 2. The van der Waals surface area contributed by atoms with Crippen molar-refractivity contribution < 1.29 is 5.11 Å². The van der Waals surface area contributed by atoms with E-state index >= 15 is 0 Å². The number of unbranched alkanes of at least 4 members (excludes halogenated alkanes) is 1. The van der Waals surface area contributed by atoms with Crippen LogP contribution < -0.4 is 5.32 Å². The fourth-order valence-corrected chi connectivity index (χ4v) is 2.76. The van der Waals surface area contributed by atoms with E-state index in [4.69, 9.17) is 0 Å². The van der Waals surface area contributed by atoms with Gasteiger partial charge >= 0.3 is 0 Å². The van der Waals surface area contributed by atoms with E-state index in [1.807, 2.05) is 30.8 Å². The SMILES string of the molecule is CCCCNC(C)C(O)c1ccc(SC(C)C)cc1. The molecule has 1 aromatic carbocycles. The number of rotatable bonds is 8. The molecular formula is C16H27NOS. The van der Waals surface area contributed by atoms with Crippen LogP contribution in [0.4, 0.5) is 0 Å². The van der Waals surface area contributed by atoms with Crippen molar-refractivity contribution in [2.75, 3.05) is 6.54 Å². The van der Waals surface area contributed by atoms with E-state index in [0.717, 1.165) is 18.5 Å². The summed E-state index contributed by atoms with van der Waals surface area (Å²) in [5.41, 5.74) is 0.990. The van der Waals surface area contributed by atoms with Crippen LogP contribution in [0, 0.1) is 0 Å². The first-order valence-corrected chi connectivity index (χ1v) is 8.10. The summed E-state index contributed by atoms with van der Waals surface area (Å²) >= 11 is 1.85. The monoisotopic (exact) mass is 281 g/mol. The van der Waals surface area contributed by atoms with Gasteiger partial charge in [0.25, 0.3) is 0 Å². The van der Waals surface area contributed by atoms with Crippen molar-refractivity contribution in [3.05, 3.63) is 29.8 Å². The number of aliphatic hydroxyl groups is 1. The minimum absolute atomic E-state index is 0.0927. The summed E-state index contributed by atoms with van der Waals surface area (Å²) in [4.78, 5) is 1.26. The number of hydrogen-bond acceptors (Lipinski definition) is 3. The van der Waals surface area contributed by atoms with Gasteiger partial charge in [-0.2, -0.15) is 0 Å². The van der Waals surface area contributed by atoms with E-state index in [1.54, 1.807) is 0 Å². The van der Waals surface area contributed by atoms with Gasteiger partial charge in [-0.3, -0.25) is 0 Å². The first kappa shape index (κ1) is 16.5. The zero-order valence-electron chi connectivity index (χ0n) is 12.5. The largest absolute Gasteiger partial charge is 0.387 e. The minimum atomic E-state index is -0.435. The van der Waals surface area contributed by atoms with Gasteiger partial charge in [0.1, 0.15) is 0 Å². The normalized spacial score (nSPS) is 14.6. The van der Waals surface area contributed by atoms with Gasteiger partial charge in [0.2, 0.25) is 0 Å². The van der Waals surface area contributed by atoms with Crippen LogP contribution in [0.3, 0.4) is 0 Å². The zero-order chi connectivity index (χ0) is 14.3. The number of benzene rings is 1. The third kappa shape index (κ3) is 5.98. The summed E-state index contributed by atoms with van der Waals surface area (Å²) in [5, 5.41) is 14.3. The molecule has 2 atom stereocenters. The molecule has 19 heavy (non-hydrogen) atoms. The van der Waals surface area contributed by atoms with E-state index in [-0.39, 0.29) is 6.04 Å². The van der Waals surface area contributed by atoms with Gasteiger partial charge in [0, 0.05) is 16.2 Å². The van der Waals surface area contributed by atoms with Crippen molar-refractivity contribution >= 4 is 11.8 Å². The Morgan fingerprint density at radius 1 is 1.16 bits per heavy atom. The topological polar surface area (TPSA) is 32.3 Å². The summed E-state index contributed by atoms with van der Waals surface area (Å²) in [6.07, 6.45) is 1.90. The van der Waals surface area contributed by atoms with Crippen LogP contribution in [0.15, 0.2) is 29.2 Å². The highest BCUT2D eigenvalue weighted by atomic mass is 32.2. The van der Waals surface area contributed by atoms with Gasteiger partial charge in [-0.15, -0.1) is 11.8 Å². The highest BCUT2D eigenvalue weighted by Crippen LogP contribution is 2.25. The Kier molecular flexibility index (Phi) is 7.51. The molecule has 3 heteroatoms. The Morgan fingerprint density at radius 2 is 1.79 bits per heavy atom. The number of aliphatic hydroxyl groups excluding tert-OH is 1. The molecule has 0 aliphatic heterocycles. The molecule has 0 spiro atoms. The third-order valence-corrected chi connectivity index (χ3v) is 4.08. The van der Waals surface area contributed by atoms with Crippen molar-refractivity contribution in [3.8, 4) is 0 Å². The smallest absolute Gasteiger partial charge is 0.0940 e. The second-order valence-electron chi connectivity index (χ2n) is 5.28. The molecule has 1 aromatic rings. The Morgan fingerprint density at radius 3 is 2.32 bits per heavy atom. The van der Waals surface area contributed by atoms with Crippen LogP contribution in [0.2, 0.25) is 0 Å². The number of nitrogens with one attached hydrogen (secondary N) is 1. The van der Waals surface area contributed by atoms with Gasteiger partial charge in [-0.05, 0) is 37.6 Å². The van der Waals surface area contributed by atoms with Crippen LogP contribution in [0.25, 0.3) is 0 Å². The minimum Gasteiger partial charge on any atom is -0.387 e. The average Bonchev–Trinajstić information content (AvgIpc) is 2.38. The maximum absolute atomic E-state index is 10.3. The average molecular weight is 281 g/mol. The van der Waals surface area contributed by atoms with Crippen LogP contribution in [0.1, 0.15) is 52.2 Å². The summed E-state index contributed by atoms with van der Waals surface area (Å²) in [6, 6.07) is 8.36. The third-order valence-electron chi connectivity index (χ3n) is 3.06. The second-order valence-corrected chi connectivity index (χ2v) is 6.93. The van der Waals surface area contributed by atoms with Crippen molar-refractivity contribution in [1.29, 1.82) is 0 Å². The molecule has 0 fully saturated rings. The lowest BCUT2D eigenvalue weighted by Crippen LogP contribution is -2.32. The lowest BCUT2D eigenvalue weighted by Gasteiger charge is -2.21. The van der Waals surface area contributed by atoms with Gasteiger partial charge in [-0.1, -0.05) is 39.3 Å². The molecule has 2 nitrogen and oxygen atoms in total. The van der Waals surface area contributed by atoms with Gasteiger partial charge in [0.05, 0.1) is 6.10 Å². The molecule has 0 radical (unpaired) electrons. The van der Waals surface area contributed by atoms with E-state index in [2.05, 4.69) is 38.2 Å². The van der Waals surface area contributed by atoms with Crippen LogP contribution in [-0.4, -0.2) is 22.9 Å². The molecule has 0 saturated heterocycles. The summed E-state index contributed by atoms with van der Waals surface area (Å²) in [5.74, 6) is 0.